The Balaban J connectivity index is 2.11. The highest BCUT2D eigenvalue weighted by Crippen LogP contribution is 2.38. The van der Waals surface area contributed by atoms with Crippen LogP contribution in [0, 0.1) is 0 Å². The van der Waals surface area contributed by atoms with Gasteiger partial charge in [0.15, 0.2) is 0 Å². The molecule has 1 aliphatic heterocycles. The Hall–Kier alpha value is -2.46. The van der Waals surface area contributed by atoms with E-state index in [4.69, 9.17) is 9.47 Å². The van der Waals surface area contributed by atoms with E-state index in [1.807, 2.05) is 0 Å². The van der Waals surface area contributed by atoms with Gasteiger partial charge in [-0.3, -0.25) is 9.69 Å². The normalized spacial score (nSPS) is 17.3. The van der Waals surface area contributed by atoms with Gasteiger partial charge in [-0.1, -0.05) is 25.7 Å². The molecule has 1 aromatic rings. The van der Waals surface area contributed by atoms with Gasteiger partial charge in [0, 0.05) is 26.4 Å². The summed E-state index contributed by atoms with van der Waals surface area (Å²) in [7, 11) is -1.26. The second-order valence-electron chi connectivity index (χ2n) is 9.86. The zero-order chi connectivity index (χ0) is 23.4. The summed E-state index contributed by atoms with van der Waals surface area (Å²) in [6.45, 7) is 12.4. The van der Waals surface area contributed by atoms with Crippen molar-refractivity contribution in [3.8, 4) is 0 Å². The predicted molar refractivity (Wildman–Crippen MR) is 119 cm³/mol. The predicted octanol–water partition coefficient (Wildman–Crippen LogP) is 3.19. The van der Waals surface area contributed by atoms with Gasteiger partial charge >= 0.3 is 12.1 Å². The molecule has 1 aliphatic rings. The van der Waals surface area contributed by atoms with E-state index in [-0.39, 0.29) is 19.1 Å². The van der Waals surface area contributed by atoms with E-state index in [0.29, 0.717) is 18.0 Å². The molecule has 0 radical (unpaired) electrons. The van der Waals surface area contributed by atoms with Gasteiger partial charge < -0.3 is 19.9 Å². The first-order valence-corrected chi connectivity index (χ1v) is 14.1. The minimum Gasteiger partial charge on any atom is -0.480 e. The number of hydrogen-bond donors (Lipinski definition) is 2. The molecule has 0 saturated heterocycles. The minimum absolute atomic E-state index is 0.0566. The lowest BCUT2D eigenvalue weighted by Crippen LogP contribution is -2.45. The van der Waals surface area contributed by atoms with Gasteiger partial charge in [0.05, 0.1) is 5.92 Å². The molecular formula is C21H33N3O6Si. The van der Waals surface area contributed by atoms with Crippen molar-refractivity contribution in [1.82, 2.24) is 10.3 Å². The fourth-order valence-electron chi connectivity index (χ4n) is 3.13. The zero-order valence-electron chi connectivity index (χ0n) is 19.1. The molecule has 1 unspecified atom stereocenters. The van der Waals surface area contributed by atoms with E-state index in [0.717, 1.165) is 6.04 Å². The second-order valence-corrected chi connectivity index (χ2v) is 15.5. The van der Waals surface area contributed by atoms with Crippen molar-refractivity contribution in [1.29, 1.82) is 0 Å². The third-order valence-electron chi connectivity index (χ3n) is 4.69. The molecule has 10 heteroatoms. The molecule has 0 saturated carbocycles. The lowest BCUT2D eigenvalue weighted by atomic mass is 9.94. The monoisotopic (exact) mass is 451 g/mol. The highest BCUT2D eigenvalue weighted by atomic mass is 28.3. The molecule has 9 nitrogen and oxygen atoms in total. The highest BCUT2D eigenvalue weighted by molar-refractivity contribution is 6.76. The van der Waals surface area contributed by atoms with Crippen LogP contribution in [0.5, 0.6) is 0 Å². The molecule has 0 bridgehead atoms. The quantitative estimate of drug-likeness (QED) is 0.437. The summed E-state index contributed by atoms with van der Waals surface area (Å²) in [4.78, 5) is 42.7. The van der Waals surface area contributed by atoms with Gasteiger partial charge in [0.25, 0.3) is 0 Å². The number of aromatic nitrogens is 1. The number of carbonyl (C=O) groups is 3. The fraction of sp³-hybridized carbons (Fsp3) is 0.619. The fourth-order valence-corrected chi connectivity index (χ4v) is 3.88. The van der Waals surface area contributed by atoms with Crippen molar-refractivity contribution < 1.29 is 29.0 Å². The summed E-state index contributed by atoms with van der Waals surface area (Å²) in [5, 5.41) is 12.0. The first kappa shape index (κ1) is 24.8. The molecule has 0 spiro atoms. The number of pyridine rings is 1. The van der Waals surface area contributed by atoms with Crippen LogP contribution in [0.15, 0.2) is 18.3 Å². The zero-order valence-corrected chi connectivity index (χ0v) is 20.1. The average molecular weight is 452 g/mol. The number of amides is 2. The van der Waals surface area contributed by atoms with Crippen LogP contribution in [0.25, 0.3) is 0 Å². The molecule has 2 atom stereocenters. The Labute approximate surface area is 184 Å². The van der Waals surface area contributed by atoms with Crippen molar-refractivity contribution >= 4 is 31.9 Å². The number of nitrogens with one attached hydrogen (secondary N) is 1. The maximum atomic E-state index is 13.1. The van der Waals surface area contributed by atoms with Gasteiger partial charge in [0.2, 0.25) is 5.91 Å². The first-order chi connectivity index (χ1) is 14.3. The van der Waals surface area contributed by atoms with Crippen molar-refractivity contribution in [2.24, 2.45) is 0 Å². The van der Waals surface area contributed by atoms with Gasteiger partial charge in [-0.25, -0.2) is 14.6 Å². The van der Waals surface area contributed by atoms with Gasteiger partial charge in [0.1, 0.15) is 24.2 Å². The number of ether oxygens (including phenoxy) is 2. The van der Waals surface area contributed by atoms with Crippen LogP contribution in [-0.4, -0.2) is 61.1 Å². The lowest BCUT2D eigenvalue weighted by Gasteiger charge is -2.23. The molecular weight excluding hydrogens is 418 g/mol. The number of nitrogens with zero attached hydrogens (tertiary/aromatic N) is 2. The Morgan fingerprint density at radius 2 is 2.00 bits per heavy atom. The topological polar surface area (TPSA) is 118 Å². The van der Waals surface area contributed by atoms with Crippen LogP contribution in [0.3, 0.4) is 0 Å². The maximum Gasteiger partial charge on any atom is 0.408 e. The molecule has 0 aromatic carbocycles. The van der Waals surface area contributed by atoms with Gasteiger partial charge in [-0.05, 0) is 39.3 Å². The van der Waals surface area contributed by atoms with Gasteiger partial charge in [-0.15, -0.1) is 0 Å². The van der Waals surface area contributed by atoms with E-state index < -0.39 is 37.7 Å². The molecule has 0 aliphatic carbocycles. The van der Waals surface area contributed by atoms with Crippen LogP contribution in [0.4, 0.5) is 10.6 Å². The summed E-state index contributed by atoms with van der Waals surface area (Å²) in [6, 6.07) is 3.13. The summed E-state index contributed by atoms with van der Waals surface area (Å²) in [5.74, 6) is -1.82. The summed E-state index contributed by atoms with van der Waals surface area (Å²) >= 11 is 0. The number of rotatable bonds is 9. The molecule has 2 rings (SSSR count). The van der Waals surface area contributed by atoms with Crippen LogP contribution in [0.2, 0.25) is 25.7 Å². The molecule has 2 heterocycles. The van der Waals surface area contributed by atoms with Crippen LogP contribution in [-0.2, 0) is 19.1 Å². The van der Waals surface area contributed by atoms with Crippen molar-refractivity contribution in [3.05, 3.63) is 23.9 Å². The third kappa shape index (κ3) is 7.32. The second kappa shape index (κ2) is 9.78. The Kier molecular flexibility index (Phi) is 7.82. The minimum atomic E-state index is -1.29. The smallest absolute Gasteiger partial charge is 0.408 e. The van der Waals surface area contributed by atoms with Crippen molar-refractivity contribution in [2.75, 3.05) is 18.2 Å². The number of carbonyl (C=O) groups excluding carboxylic acids is 2. The number of hydrogen-bond acceptors (Lipinski definition) is 6. The van der Waals surface area contributed by atoms with E-state index >= 15 is 0 Å². The number of anilines is 1. The average Bonchev–Trinajstić information content (AvgIpc) is 2.87. The highest BCUT2D eigenvalue weighted by Gasteiger charge is 2.41. The van der Waals surface area contributed by atoms with Crippen LogP contribution < -0.4 is 10.2 Å². The third-order valence-corrected chi connectivity index (χ3v) is 6.39. The number of carboxylic acids is 1. The number of fused-ring (bicyclic) bond motifs is 1. The van der Waals surface area contributed by atoms with E-state index in [1.165, 1.54) is 4.90 Å². The summed E-state index contributed by atoms with van der Waals surface area (Å²) in [5.41, 5.74) is -0.143. The molecule has 0 fully saturated rings. The van der Waals surface area contributed by atoms with Crippen LogP contribution in [0.1, 0.15) is 38.7 Å². The number of alkyl carbamates (subject to hydrolysis) is 1. The first-order valence-electron chi connectivity index (χ1n) is 10.3. The summed E-state index contributed by atoms with van der Waals surface area (Å²) < 4.78 is 10.9. The molecule has 31 heavy (non-hydrogen) atoms. The van der Waals surface area contributed by atoms with Crippen molar-refractivity contribution in [3.63, 3.8) is 0 Å². The van der Waals surface area contributed by atoms with E-state index in [2.05, 4.69) is 29.9 Å². The van der Waals surface area contributed by atoms with Crippen LogP contribution >= 0.6 is 0 Å². The molecule has 1 aromatic heterocycles. The van der Waals surface area contributed by atoms with E-state index in [1.54, 1.807) is 39.1 Å². The standard InChI is InChI=1S/C21H33N3O6Si/c1-21(2,3)30-20(28)23-16(19(26)27)12-15-14-8-7-9-22-17(14)24(18(15)25)13-29-10-11-31(4,5)6/h7-9,15-16H,10-13H2,1-6H3,(H,23,28)(H,26,27)/t15?,16-/m0/s1. The number of carboxylic acid groups (broad SMARTS) is 1. The summed E-state index contributed by atoms with van der Waals surface area (Å²) in [6.07, 6.45) is 0.623. The van der Waals surface area contributed by atoms with E-state index in [9.17, 15) is 19.5 Å². The Morgan fingerprint density at radius 3 is 2.58 bits per heavy atom. The maximum absolute atomic E-state index is 13.1. The Morgan fingerprint density at radius 1 is 1.32 bits per heavy atom. The molecule has 2 N–H and O–H groups in total. The number of aliphatic carboxylic acids is 1. The Bertz CT molecular complexity index is 818. The largest absolute Gasteiger partial charge is 0.480 e. The molecule has 2 amide bonds. The van der Waals surface area contributed by atoms with Gasteiger partial charge in [-0.2, -0.15) is 0 Å². The molecule has 172 valence electrons. The lowest BCUT2D eigenvalue weighted by molar-refractivity contribution is -0.139. The van der Waals surface area contributed by atoms with Crippen molar-refractivity contribution in [2.45, 2.75) is 70.4 Å². The SMILES string of the molecule is CC(C)(C)OC(=O)N[C@@H](CC1C(=O)N(COCC[Si](C)(C)C)c2ncccc21)C(=O)O.